The Morgan fingerprint density at radius 1 is 0.981 bits per heavy atom. The molecule has 1 amide bonds. The van der Waals surface area contributed by atoms with Crippen molar-refractivity contribution in [2.24, 2.45) is 17.2 Å². The SMILES string of the molecule is C=C/C(=C\N(C)N)c1cnc(N(Cc2cc(C(F)(F)F)cc(C(F)(F)F)c2)C2C[C@@H](CC)N(C(=O)OC3CC(C(C)(C)C(=O)O)C3)[C@@H](CC)C2)nc1. The largest absolute Gasteiger partial charge is 0.481 e. The Hall–Kier alpha value is -4.34. The first-order valence-corrected chi connectivity index (χ1v) is 17.1. The number of piperidine rings is 1. The van der Waals surface area contributed by atoms with Crippen molar-refractivity contribution in [1.82, 2.24) is 19.9 Å². The first-order valence-electron chi connectivity index (χ1n) is 17.1. The van der Waals surface area contributed by atoms with Crippen molar-refractivity contribution in [2.75, 3.05) is 11.9 Å². The zero-order chi connectivity index (χ0) is 38.8. The van der Waals surface area contributed by atoms with E-state index in [1.807, 2.05) is 13.8 Å². The zero-order valence-electron chi connectivity index (χ0n) is 29.8. The van der Waals surface area contributed by atoms with Gasteiger partial charge in [-0.15, -0.1) is 0 Å². The molecule has 1 saturated heterocycles. The van der Waals surface area contributed by atoms with Crippen LogP contribution in [0.4, 0.5) is 37.1 Å². The van der Waals surface area contributed by atoms with Crippen molar-refractivity contribution >= 4 is 23.6 Å². The summed E-state index contributed by atoms with van der Waals surface area (Å²) in [5, 5.41) is 10.9. The van der Waals surface area contributed by atoms with E-state index in [9.17, 15) is 41.0 Å². The molecule has 10 nitrogen and oxygen atoms in total. The van der Waals surface area contributed by atoms with Crippen LogP contribution in [0.5, 0.6) is 0 Å². The number of hydrogen-bond donors (Lipinski definition) is 2. The number of carboxylic acids is 1. The number of carbonyl (C=O) groups excluding carboxylic acids is 1. The van der Waals surface area contributed by atoms with Crippen molar-refractivity contribution < 1.29 is 45.8 Å². The smallest absolute Gasteiger partial charge is 0.416 e. The molecule has 1 aromatic carbocycles. The molecular formula is C36H46F6N6O4. The number of aromatic nitrogens is 2. The molecule has 1 unspecified atom stereocenters. The quantitative estimate of drug-likeness (QED) is 0.0967. The van der Waals surface area contributed by atoms with E-state index in [-0.39, 0.29) is 30.0 Å². The Labute approximate surface area is 299 Å². The molecule has 0 spiro atoms. The number of carbonyl (C=O) groups is 2. The lowest BCUT2D eigenvalue weighted by Gasteiger charge is -2.49. The molecular weight excluding hydrogens is 694 g/mol. The van der Waals surface area contributed by atoms with Crippen molar-refractivity contribution in [3.63, 3.8) is 0 Å². The second-order valence-electron chi connectivity index (χ2n) is 14.1. The maximum atomic E-state index is 13.8. The van der Waals surface area contributed by atoms with Crippen LogP contribution >= 0.6 is 0 Å². The molecule has 2 heterocycles. The number of nitrogens with zero attached hydrogens (tertiary/aromatic N) is 5. The number of ether oxygens (including phenoxy) is 1. The van der Waals surface area contributed by atoms with Crippen molar-refractivity contribution in [1.29, 1.82) is 0 Å². The standard InChI is InChI=1S/C36H46F6N6O4/c1-7-22(20-46(6)43)23-17-44-32(45-18-23)47(19-21-10-25(35(37,38)39)12-26(11-21)36(40,41)42)29-15-27(8-2)48(28(9-3)16-29)33(51)52-30-13-24(14-30)34(4,5)31(49)50/h7,10-12,17-18,20,24,27-30H,1,8-9,13-16,19,43H2,2-6H3,(H,49,50)/b22-20+/t24?,27-,28+,29?,30?. The molecule has 16 heteroatoms. The first-order chi connectivity index (χ1) is 24.2. The number of carboxylic acid groups (broad SMARTS) is 1. The molecule has 0 radical (unpaired) electrons. The number of likely N-dealkylation sites (tertiary alicyclic amines) is 1. The Kier molecular flexibility index (Phi) is 12.2. The lowest BCUT2D eigenvalue weighted by atomic mass is 9.66. The minimum Gasteiger partial charge on any atom is -0.481 e. The third kappa shape index (κ3) is 9.17. The number of alkyl halides is 6. The van der Waals surface area contributed by atoms with Gasteiger partial charge in [0.15, 0.2) is 0 Å². The summed E-state index contributed by atoms with van der Waals surface area (Å²) in [5.41, 5.74) is -2.97. The molecule has 286 valence electrons. The van der Waals surface area contributed by atoms with Crippen molar-refractivity contribution in [3.8, 4) is 0 Å². The van der Waals surface area contributed by atoms with E-state index in [4.69, 9.17) is 10.6 Å². The lowest BCUT2D eigenvalue weighted by molar-refractivity contribution is -0.155. The maximum Gasteiger partial charge on any atom is 0.416 e. The number of amides is 1. The van der Waals surface area contributed by atoms with Gasteiger partial charge in [0.05, 0.1) is 16.5 Å². The van der Waals surface area contributed by atoms with Gasteiger partial charge in [0.25, 0.3) is 0 Å². The van der Waals surface area contributed by atoms with Crippen LogP contribution < -0.4 is 10.7 Å². The van der Waals surface area contributed by atoms with Gasteiger partial charge in [-0.1, -0.05) is 26.5 Å². The fourth-order valence-corrected chi connectivity index (χ4v) is 6.91. The minimum absolute atomic E-state index is 0.0755. The molecule has 2 aliphatic rings. The van der Waals surface area contributed by atoms with Gasteiger partial charge in [-0.05, 0) is 82.1 Å². The summed E-state index contributed by atoms with van der Waals surface area (Å²) in [6.07, 6.45) is -2.60. The molecule has 1 saturated carbocycles. The summed E-state index contributed by atoms with van der Waals surface area (Å²) in [6, 6.07) is 0.200. The highest BCUT2D eigenvalue weighted by Crippen LogP contribution is 2.44. The molecule has 3 N–H and O–H groups in total. The molecule has 1 aliphatic carbocycles. The van der Waals surface area contributed by atoms with E-state index in [0.29, 0.717) is 61.8 Å². The van der Waals surface area contributed by atoms with Crippen molar-refractivity contribution in [2.45, 2.75) is 109 Å². The Balaban J connectivity index is 1.68. The Morgan fingerprint density at radius 2 is 1.50 bits per heavy atom. The van der Waals surface area contributed by atoms with E-state index >= 15 is 0 Å². The summed E-state index contributed by atoms with van der Waals surface area (Å²) in [7, 11) is 1.60. The second kappa shape index (κ2) is 15.7. The zero-order valence-corrected chi connectivity index (χ0v) is 29.8. The van der Waals surface area contributed by atoms with Gasteiger partial charge in [-0.3, -0.25) is 4.79 Å². The summed E-state index contributed by atoms with van der Waals surface area (Å²) in [4.78, 5) is 37.6. The second-order valence-corrected chi connectivity index (χ2v) is 14.1. The third-order valence-electron chi connectivity index (χ3n) is 10.2. The predicted octanol–water partition coefficient (Wildman–Crippen LogP) is 7.90. The molecule has 2 fully saturated rings. The number of anilines is 1. The van der Waals surface area contributed by atoms with Crippen LogP contribution in [-0.2, 0) is 28.4 Å². The van der Waals surface area contributed by atoms with Gasteiger partial charge < -0.3 is 24.7 Å². The Morgan fingerprint density at radius 3 is 1.92 bits per heavy atom. The number of hydrazine groups is 1. The topological polar surface area (TPSA) is 125 Å². The number of aliphatic carboxylic acids is 1. The summed E-state index contributed by atoms with van der Waals surface area (Å²) >= 11 is 0. The molecule has 1 aliphatic heterocycles. The lowest BCUT2D eigenvalue weighted by Crippen LogP contribution is -2.58. The van der Waals surface area contributed by atoms with Crippen LogP contribution in [0.3, 0.4) is 0 Å². The fourth-order valence-electron chi connectivity index (χ4n) is 6.91. The molecule has 4 rings (SSSR count). The number of benzene rings is 1. The van der Waals surface area contributed by atoms with E-state index < -0.39 is 65.2 Å². The van der Waals surface area contributed by atoms with Gasteiger partial charge >= 0.3 is 24.4 Å². The van der Waals surface area contributed by atoms with Crippen molar-refractivity contribution in [3.05, 3.63) is 71.7 Å². The number of hydrogen-bond acceptors (Lipinski definition) is 8. The van der Waals surface area contributed by atoms with Crippen LogP contribution in [-0.4, -0.2) is 68.3 Å². The molecule has 2 aromatic rings. The number of halogens is 6. The van der Waals surface area contributed by atoms with Gasteiger partial charge in [0.1, 0.15) is 6.10 Å². The highest BCUT2D eigenvalue weighted by molar-refractivity contribution is 5.74. The molecule has 52 heavy (non-hydrogen) atoms. The van der Waals surface area contributed by atoms with Gasteiger partial charge in [-0.25, -0.2) is 20.6 Å². The minimum atomic E-state index is -5.03. The highest BCUT2D eigenvalue weighted by Gasteiger charge is 2.48. The normalized spacial score (nSPS) is 22.7. The molecule has 1 aromatic heterocycles. The highest BCUT2D eigenvalue weighted by atomic mass is 19.4. The molecule has 0 bridgehead atoms. The predicted molar refractivity (Wildman–Crippen MR) is 182 cm³/mol. The Bertz CT molecular complexity index is 1580. The monoisotopic (exact) mass is 740 g/mol. The van der Waals surface area contributed by atoms with Crippen LogP contribution in [0, 0.1) is 11.3 Å². The van der Waals surface area contributed by atoms with Gasteiger partial charge in [0.2, 0.25) is 5.95 Å². The van der Waals surface area contributed by atoms with Crippen LogP contribution in [0.15, 0.2) is 49.4 Å². The number of rotatable bonds is 12. The summed E-state index contributed by atoms with van der Waals surface area (Å²) in [5.74, 6) is 4.75. The molecule has 3 atom stereocenters. The summed E-state index contributed by atoms with van der Waals surface area (Å²) < 4.78 is 88.9. The average molecular weight is 741 g/mol. The van der Waals surface area contributed by atoms with E-state index in [1.54, 1.807) is 36.9 Å². The van der Waals surface area contributed by atoms with Gasteiger partial charge in [0, 0.05) is 61.4 Å². The van der Waals surface area contributed by atoms with E-state index in [1.165, 1.54) is 23.5 Å². The first kappa shape index (κ1) is 40.4. The van der Waals surface area contributed by atoms with Crippen LogP contribution in [0.2, 0.25) is 0 Å². The number of nitrogens with two attached hydrogens (primary N) is 1. The van der Waals surface area contributed by atoms with Crippen LogP contribution in [0.25, 0.3) is 5.57 Å². The third-order valence-corrected chi connectivity index (χ3v) is 10.2. The van der Waals surface area contributed by atoms with E-state index in [0.717, 1.165) is 0 Å². The van der Waals surface area contributed by atoms with Crippen LogP contribution in [0.1, 0.15) is 88.5 Å². The number of allylic oxidation sites excluding steroid dienone is 2. The average Bonchev–Trinajstić information content (AvgIpc) is 3.05. The van der Waals surface area contributed by atoms with Gasteiger partial charge in [-0.2, -0.15) is 26.3 Å². The summed E-state index contributed by atoms with van der Waals surface area (Å²) in [6.45, 7) is 10.4. The maximum absolute atomic E-state index is 13.8. The van der Waals surface area contributed by atoms with E-state index in [2.05, 4.69) is 16.5 Å². The fraction of sp³-hybridized carbons (Fsp3) is 0.556.